The topological polar surface area (TPSA) is 106 Å². The van der Waals surface area contributed by atoms with Crippen LogP contribution in [0.1, 0.15) is 12.6 Å². The zero-order valence-electron chi connectivity index (χ0n) is 10.9. The molecular weight excluding hydrogens is 276 g/mol. The second-order valence-corrected chi connectivity index (χ2v) is 4.44. The first-order valence-electron chi connectivity index (χ1n) is 6.04. The van der Waals surface area contributed by atoms with Gasteiger partial charge in [0.2, 0.25) is 5.91 Å². The normalized spacial score (nSPS) is 10.2. The fraction of sp³-hybridized carbons (Fsp3) is 0.250. The fourth-order valence-electron chi connectivity index (χ4n) is 1.59. The summed E-state index contributed by atoms with van der Waals surface area (Å²) >= 11 is 5.08. The van der Waals surface area contributed by atoms with Gasteiger partial charge in [0.1, 0.15) is 11.3 Å². The van der Waals surface area contributed by atoms with Gasteiger partial charge in [0.15, 0.2) is 10.8 Å². The molecule has 2 aromatic rings. The minimum atomic E-state index is -0.457. The summed E-state index contributed by atoms with van der Waals surface area (Å²) in [4.78, 5) is 23.6. The number of carbonyl (C=O) groups is 1. The Balaban J connectivity index is 2.26. The number of anilines is 1. The average Bonchev–Trinajstić information content (AvgIpc) is 2.37. The van der Waals surface area contributed by atoms with Crippen molar-refractivity contribution in [1.82, 2.24) is 20.3 Å². The van der Waals surface area contributed by atoms with E-state index in [9.17, 15) is 4.79 Å². The molecule has 0 bridgehead atoms. The number of hydrogen-bond donors (Lipinski definition) is 3. The molecule has 2 aromatic heterocycles. The quantitative estimate of drug-likeness (QED) is 0.698. The standard InChI is InChI=1S/C12H14N6OS/c1-2-14-12(20)18-10-4-3-8-11(17-10)16-7(6-15-8)5-9(13)19/h3-4,6H,2,5H2,1H3,(H2,13,19)(H2,14,16,17,18,20). The number of nitrogens with zero attached hydrogens (tertiary/aromatic N) is 3. The molecule has 20 heavy (non-hydrogen) atoms. The molecule has 0 aliphatic carbocycles. The Morgan fingerprint density at radius 3 is 2.90 bits per heavy atom. The SMILES string of the molecule is CCNC(=S)Nc1ccc2ncc(CC(N)=O)nc2n1. The maximum Gasteiger partial charge on any atom is 0.223 e. The lowest BCUT2D eigenvalue weighted by atomic mass is 10.3. The molecule has 1 amide bonds. The monoisotopic (exact) mass is 290 g/mol. The van der Waals surface area contributed by atoms with Gasteiger partial charge in [-0.15, -0.1) is 0 Å². The number of rotatable bonds is 4. The molecule has 4 N–H and O–H groups in total. The van der Waals surface area contributed by atoms with Gasteiger partial charge in [-0.1, -0.05) is 0 Å². The Labute approximate surface area is 121 Å². The summed E-state index contributed by atoms with van der Waals surface area (Å²) in [6.07, 6.45) is 1.56. The van der Waals surface area contributed by atoms with Crippen LogP contribution in [0.3, 0.4) is 0 Å². The van der Waals surface area contributed by atoms with Crippen LogP contribution in [-0.2, 0) is 11.2 Å². The van der Waals surface area contributed by atoms with Gasteiger partial charge >= 0.3 is 0 Å². The van der Waals surface area contributed by atoms with Crippen LogP contribution in [0.25, 0.3) is 11.2 Å². The second-order valence-electron chi connectivity index (χ2n) is 4.03. The van der Waals surface area contributed by atoms with Gasteiger partial charge in [0, 0.05) is 12.7 Å². The van der Waals surface area contributed by atoms with E-state index in [-0.39, 0.29) is 6.42 Å². The van der Waals surface area contributed by atoms with Crippen molar-refractivity contribution < 1.29 is 4.79 Å². The lowest BCUT2D eigenvalue weighted by molar-refractivity contribution is -0.117. The van der Waals surface area contributed by atoms with Crippen molar-refractivity contribution in [2.45, 2.75) is 13.3 Å². The highest BCUT2D eigenvalue weighted by atomic mass is 32.1. The van der Waals surface area contributed by atoms with E-state index in [2.05, 4.69) is 25.6 Å². The van der Waals surface area contributed by atoms with Crippen molar-refractivity contribution in [2.24, 2.45) is 5.73 Å². The number of thiocarbonyl (C=S) groups is 1. The summed E-state index contributed by atoms with van der Waals surface area (Å²) in [6, 6.07) is 3.54. The van der Waals surface area contributed by atoms with Gasteiger partial charge in [-0.25, -0.2) is 9.97 Å². The van der Waals surface area contributed by atoms with E-state index in [1.54, 1.807) is 12.1 Å². The molecule has 0 saturated carbocycles. The molecule has 0 spiro atoms. The average molecular weight is 290 g/mol. The van der Waals surface area contributed by atoms with E-state index in [1.165, 1.54) is 6.20 Å². The molecule has 0 aliphatic rings. The molecule has 2 heterocycles. The number of carbonyl (C=O) groups excluding carboxylic acids is 1. The lowest BCUT2D eigenvalue weighted by Gasteiger charge is -2.08. The minimum absolute atomic E-state index is 0.0398. The smallest absolute Gasteiger partial charge is 0.223 e. The minimum Gasteiger partial charge on any atom is -0.369 e. The predicted molar refractivity (Wildman–Crippen MR) is 80.1 cm³/mol. The molecule has 7 nitrogen and oxygen atoms in total. The highest BCUT2D eigenvalue weighted by molar-refractivity contribution is 7.80. The molecule has 0 unspecified atom stereocenters. The van der Waals surface area contributed by atoms with E-state index in [0.717, 1.165) is 6.54 Å². The van der Waals surface area contributed by atoms with Crippen LogP contribution < -0.4 is 16.4 Å². The third-order valence-electron chi connectivity index (χ3n) is 2.39. The number of fused-ring (bicyclic) bond motifs is 1. The molecule has 0 fully saturated rings. The molecular formula is C12H14N6OS. The number of nitrogens with two attached hydrogens (primary N) is 1. The number of nitrogens with one attached hydrogen (secondary N) is 2. The van der Waals surface area contributed by atoms with Crippen molar-refractivity contribution in [3.05, 3.63) is 24.0 Å². The van der Waals surface area contributed by atoms with Gasteiger partial charge < -0.3 is 16.4 Å². The molecule has 0 aliphatic heterocycles. The van der Waals surface area contributed by atoms with Crippen molar-refractivity contribution >= 4 is 40.2 Å². The van der Waals surface area contributed by atoms with Crippen molar-refractivity contribution in [1.29, 1.82) is 0 Å². The summed E-state index contributed by atoms with van der Waals surface area (Å²) in [5.74, 6) is 0.107. The Hall–Kier alpha value is -2.35. The number of amides is 1. The highest BCUT2D eigenvalue weighted by Gasteiger charge is 2.06. The van der Waals surface area contributed by atoms with E-state index < -0.39 is 5.91 Å². The summed E-state index contributed by atoms with van der Waals surface area (Å²) < 4.78 is 0. The van der Waals surface area contributed by atoms with Crippen molar-refractivity contribution in [3.63, 3.8) is 0 Å². The second kappa shape index (κ2) is 6.20. The van der Waals surface area contributed by atoms with E-state index >= 15 is 0 Å². The maximum atomic E-state index is 10.9. The van der Waals surface area contributed by atoms with Gasteiger partial charge in [-0.3, -0.25) is 9.78 Å². The summed E-state index contributed by atoms with van der Waals surface area (Å²) in [6.45, 7) is 2.67. The summed E-state index contributed by atoms with van der Waals surface area (Å²) in [7, 11) is 0. The molecule has 2 rings (SSSR count). The fourth-order valence-corrected chi connectivity index (χ4v) is 1.84. The third-order valence-corrected chi connectivity index (χ3v) is 2.64. The Bertz CT molecular complexity index is 659. The number of pyridine rings is 1. The molecule has 104 valence electrons. The third kappa shape index (κ3) is 3.58. The maximum absolute atomic E-state index is 10.9. The van der Waals surface area contributed by atoms with E-state index in [4.69, 9.17) is 18.0 Å². The van der Waals surface area contributed by atoms with Crippen LogP contribution in [0.5, 0.6) is 0 Å². The van der Waals surface area contributed by atoms with E-state index in [1.807, 2.05) is 6.92 Å². The Kier molecular flexibility index (Phi) is 4.36. The Morgan fingerprint density at radius 1 is 1.40 bits per heavy atom. The summed E-state index contributed by atoms with van der Waals surface area (Å²) in [5, 5.41) is 6.39. The van der Waals surface area contributed by atoms with Gasteiger partial charge in [-0.2, -0.15) is 0 Å². The first-order valence-corrected chi connectivity index (χ1v) is 6.45. The van der Waals surface area contributed by atoms with Crippen molar-refractivity contribution in [3.8, 4) is 0 Å². The predicted octanol–water partition coefficient (Wildman–Crippen LogP) is 0.359. The van der Waals surface area contributed by atoms with Crippen LogP contribution in [0.4, 0.5) is 5.82 Å². The summed E-state index contributed by atoms with van der Waals surface area (Å²) in [5.41, 5.74) is 6.70. The zero-order valence-corrected chi connectivity index (χ0v) is 11.7. The first-order chi connectivity index (χ1) is 9.58. The van der Waals surface area contributed by atoms with E-state index in [0.29, 0.717) is 27.8 Å². The molecule has 0 atom stereocenters. The molecule has 0 aromatic carbocycles. The largest absolute Gasteiger partial charge is 0.369 e. The number of hydrogen-bond acceptors (Lipinski definition) is 5. The lowest BCUT2D eigenvalue weighted by Crippen LogP contribution is -2.28. The van der Waals surface area contributed by atoms with Gasteiger partial charge in [0.25, 0.3) is 0 Å². The molecule has 0 saturated heterocycles. The van der Waals surface area contributed by atoms with Crippen LogP contribution >= 0.6 is 12.2 Å². The van der Waals surface area contributed by atoms with Crippen LogP contribution in [0, 0.1) is 0 Å². The van der Waals surface area contributed by atoms with Crippen LogP contribution in [0.15, 0.2) is 18.3 Å². The van der Waals surface area contributed by atoms with Crippen LogP contribution in [0.2, 0.25) is 0 Å². The Morgan fingerprint density at radius 2 is 2.20 bits per heavy atom. The number of aromatic nitrogens is 3. The number of primary amides is 1. The van der Waals surface area contributed by atoms with Crippen molar-refractivity contribution in [2.75, 3.05) is 11.9 Å². The van der Waals surface area contributed by atoms with Crippen LogP contribution in [-0.4, -0.2) is 32.5 Å². The van der Waals surface area contributed by atoms with Gasteiger partial charge in [-0.05, 0) is 31.3 Å². The van der Waals surface area contributed by atoms with Gasteiger partial charge in [0.05, 0.1) is 12.1 Å². The zero-order chi connectivity index (χ0) is 14.5. The first kappa shape index (κ1) is 14.1. The molecule has 8 heteroatoms. The highest BCUT2D eigenvalue weighted by Crippen LogP contribution is 2.11. The molecule has 0 radical (unpaired) electrons.